The van der Waals surface area contributed by atoms with Crippen LogP contribution < -0.4 is 27.4 Å². The molecule has 5 aromatic rings. The molecule has 0 bridgehead atoms. The number of H-pyrrole nitrogens is 2. The Morgan fingerprint density at radius 2 is 1.16 bits per heavy atom. The van der Waals surface area contributed by atoms with E-state index in [9.17, 15) is 34.2 Å². The third-order valence-electron chi connectivity index (χ3n) is 8.49. The highest BCUT2D eigenvalue weighted by atomic mass is 16.4. The number of carboxylic acid groups (broad SMARTS) is 1. The van der Waals surface area contributed by atoms with Crippen molar-refractivity contribution in [1.29, 1.82) is 0 Å². The molecular weight excluding hydrogens is 642 g/mol. The van der Waals surface area contributed by atoms with E-state index in [4.69, 9.17) is 11.5 Å². The molecule has 2 heterocycles. The molecule has 0 spiro atoms. The van der Waals surface area contributed by atoms with Crippen LogP contribution in [-0.2, 0) is 43.2 Å². The molecule has 2 aromatic heterocycles. The summed E-state index contributed by atoms with van der Waals surface area (Å²) in [6, 6.07) is 16.0. The van der Waals surface area contributed by atoms with E-state index in [1.54, 1.807) is 24.5 Å². The Labute approximate surface area is 286 Å². The van der Waals surface area contributed by atoms with Gasteiger partial charge in [0.05, 0.1) is 6.04 Å². The fourth-order valence-electron chi connectivity index (χ4n) is 5.80. The van der Waals surface area contributed by atoms with Crippen LogP contribution in [0.5, 0.6) is 5.75 Å². The van der Waals surface area contributed by atoms with Gasteiger partial charge in [-0.25, -0.2) is 4.79 Å². The lowest BCUT2D eigenvalue weighted by Gasteiger charge is -2.25. The lowest BCUT2D eigenvalue weighted by Crippen LogP contribution is -2.58. The van der Waals surface area contributed by atoms with Crippen molar-refractivity contribution in [3.63, 3.8) is 0 Å². The number of para-hydroxylation sites is 2. The second-order valence-corrected chi connectivity index (χ2v) is 12.1. The van der Waals surface area contributed by atoms with Gasteiger partial charge in [0.2, 0.25) is 23.6 Å². The maximum atomic E-state index is 14.0. The summed E-state index contributed by atoms with van der Waals surface area (Å²) >= 11 is 0. The number of nitrogens with two attached hydrogens (primary N) is 2. The summed E-state index contributed by atoms with van der Waals surface area (Å²) in [6.07, 6.45) is 3.06. The van der Waals surface area contributed by atoms with Crippen LogP contribution in [0.1, 0.15) is 29.5 Å². The van der Waals surface area contributed by atoms with Crippen LogP contribution in [0.25, 0.3) is 21.8 Å². The van der Waals surface area contributed by atoms with Gasteiger partial charge in [0.1, 0.15) is 23.9 Å². The first-order valence-electron chi connectivity index (χ1n) is 16.0. The van der Waals surface area contributed by atoms with Crippen LogP contribution in [0.4, 0.5) is 0 Å². The molecule has 50 heavy (non-hydrogen) atoms. The minimum atomic E-state index is -1.45. The number of hydrogen-bond acceptors (Lipinski definition) is 7. The molecule has 0 aliphatic heterocycles. The molecule has 5 rings (SSSR count). The molecule has 0 saturated heterocycles. The fourth-order valence-corrected chi connectivity index (χ4v) is 5.80. The summed E-state index contributed by atoms with van der Waals surface area (Å²) < 4.78 is 0. The summed E-state index contributed by atoms with van der Waals surface area (Å²) in [5.74, 6) is -4.24. The molecule has 0 aliphatic carbocycles. The Kier molecular flexibility index (Phi) is 11.1. The van der Waals surface area contributed by atoms with Gasteiger partial charge >= 0.3 is 5.97 Å². The summed E-state index contributed by atoms with van der Waals surface area (Å²) in [5, 5.41) is 29.1. The lowest BCUT2D eigenvalue weighted by atomic mass is 10.0. The van der Waals surface area contributed by atoms with E-state index in [1.807, 2.05) is 48.5 Å². The first-order valence-corrected chi connectivity index (χ1v) is 16.0. The minimum absolute atomic E-state index is 0.0133. The van der Waals surface area contributed by atoms with Crippen LogP contribution in [0, 0.1) is 0 Å². The Balaban J connectivity index is 1.39. The van der Waals surface area contributed by atoms with Gasteiger partial charge in [-0.3, -0.25) is 19.2 Å². The molecular formula is C36H39N7O7. The smallest absolute Gasteiger partial charge is 0.326 e. The van der Waals surface area contributed by atoms with Gasteiger partial charge in [0.25, 0.3) is 0 Å². The van der Waals surface area contributed by atoms with E-state index in [0.717, 1.165) is 27.4 Å². The molecule has 14 heteroatoms. The zero-order valence-electron chi connectivity index (χ0n) is 27.0. The van der Waals surface area contributed by atoms with Crippen LogP contribution >= 0.6 is 0 Å². The number of aromatic nitrogens is 2. The quantitative estimate of drug-likeness (QED) is 0.0737. The first kappa shape index (κ1) is 35.2. The Morgan fingerprint density at radius 3 is 1.72 bits per heavy atom. The zero-order chi connectivity index (χ0) is 35.8. The third-order valence-corrected chi connectivity index (χ3v) is 8.49. The molecule has 0 aliphatic rings. The Hall–Kier alpha value is -6.15. The van der Waals surface area contributed by atoms with Crippen LogP contribution in [0.15, 0.2) is 85.2 Å². The molecule has 4 amide bonds. The van der Waals surface area contributed by atoms with Crippen LogP contribution in [0.3, 0.4) is 0 Å². The van der Waals surface area contributed by atoms with Gasteiger partial charge in [-0.05, 0) is 53.8 Å². The first-order chi connectivity index (χ1) is 24.0. The van der Waals surface area contributed by atoms with Crippen molar-refractivity contribution in [2.24, 2.45) is 11.5 Å². The molecule has 260 valence electrons. The summed E-state index contributed by atoms with van der Waals surface area (Å²) in [4.78, 5) is 70.8. The van der Waals surface area contributed by atoms with Gasteiger partial charge in [-0.1, -0.05) is 48.5 Å². The minimum Gasteiger partial charge on any atom is -0.508 e. The van der Waals surface area contributed by atoms with Gasteiger partial charge < -0.3 is 47.6 Å². The van der Waals surface area contributed by atoms with Crippen molar-refractivity contribution in [2.45, 2.75) is 56.3 Å². The topological polar surface area (TPSA) is 246 Å². The van der Waals surface area contributed by atoms with Gasteiger partial charge in [-0.2, -0.15) is 0 Å². The number of phenols is 1. The van der Waals surface area contributed by atoms with Crippen molar-refractivity contribution < 1.29 is 34.2 Å². The van der Waals surface area contributed by atoms with E-state index in [2.05, 4.69) is 25.9 Å². The van der Waals surface area contributed by atoms with Crippen molar-refractivity contribution in [1.82, 2.24) is 25.9 Å². The van der Waals surface area contributed by atoms with Gasteiger partial charge in [0, 0.05) is 53.5 Å². The fraction of sp³-hybridized carbons (Fsp3) is 0.250. The molecule has 11 N–H and O–H groups in total. The van der Waals surface area contributed by atoms with Crippen molar-refractivity contribution >= 4 is 51.4 Å². The predicted octanol–water partition coefficient (Wildman–Crippen LogP) is 1.51. The predicted molar refractivity (Wildman–Crippen MR) is 186 cm³/mol. The van der Waals surface area contributed by atoms with Crippen LogP contribution in [-0.4, -0.2) is 73.9 Å². The number of carbonyl (C=O) groups excluding carboxylic acids is 4. The highest BCUT2D eigenvalue weighted by molar-refractivity contribution is 5.95. The molecule has 4 atom stereocenters. The van der Waals surface area contributed by atoms with E-state index >= 15 is 0 Å². The molecule has 4 unspecified atom stereocenters. The summed E-state index contributed by atoms with van der Waals surface area (Å²) in [7, 11) is 0. The molecule has 0 saturated carbocycles. The van der Waals surface area contributed by atoms with E-state index in [0.29, 0.717) is 11.1 Å². The normalized spacial score (nSPS) is 13.6. The second-order valence-electron chi connectivity index (χ2n) is 12.1. The summed E-state index contributed by atoms with van der Waals surface area (Å²) in [5.41, 5.74) is 15.3. The average Bonchev–Trinajstić information content (AvgIpc) is 3.70. The number of rotatable bonds is 16. The number of aromatic hydroxyl groups is 1. The Morgan fingerprint density at radius 1 is 0.660 bits per heavy atom. The van der Waals surface area contributed by atoms with E-state index in [-0.39, 0.29) is 37.9 Å². The second kappa shape index (κ2) is 15.8. The molecule has 0 fully saturated rings. The average molecular weight is 682 g/mol. The number of aliphatic carboxylic acids is 1. The number of fused-ring (bicyclic) bond motifs is 2. The maximum absolute atomic E-state index is 14.0. The number of benzene rings is 3. The van der Waals surface area contributed by atoms with Gasteiger partial charge in [0.15, 0.2) is 0 Å². The number of amides is 4. The highest BCUT2D eigenvalue weighted by Gasteiger charge is 2.31. The number of primary amides is 1. The van der Waals surface area contributed by atoms with Crippen LogP contribution in [0.2, 0.25) is 0 Å². The zero-order valence-corrected chi connectivity index (χ0v) is 27.0. The number of nitrogens with one attached hydrogen (secondary N) is 5. The third kappa shape index (κ3) is 8.85. The number of phenolic OH excluding ortho intramolecular Hbond substituents is 1. The largest absolute Gasteiger partial charge is 0.508 e. The van der Waals surface area contributed by atoms with Crippen molar-refractivity contribution in [2.75, 3.05) is 0 Å². The molecule has 0 radical (unpaired) electrons. The van der Waals surface area contributed by atoms with Crippen molar-refractivity contribution in [3.8, 4) is 5.75 Å². The number of carboxylic acids is 1. The van der Waals surface area contributed by atoms with E-state index in [1.165, 1.54) is 12.1 Å². The van der Waals surface area contributed by atoms with E-state index < -0.39 is 53.8 Å². The lowest BCUT2D eigenvalue weighted by molar-refractivity contribution is -0.142. The number of carbonyl (C=O) groups is 5. The SMILES string of the molecule is NC(=O)CCC(NC(=O)C(Cc1c[nH]c2ccccc12)NC(=O)C(Cc1ccc(O)cc1)NC(=O)C(N)Cc1c[nH]c2ccccc12)C(=O)O. The summed E-state index contributed by atoms with van der Waals surface area (Å²) in [6.45, 7) is 0. The maximum Gasteiger partial charge on any atom is 0.326 e. The van der Waals surface area contributed by atoms with Crippen molar-refractivity contribution in [3.05, 3.63) is 102 Å². The number of hydrogen-bond donors (Lipinski definition) is 9. The number of aromatic amines is 2. The molecule has 3 aromatic carbocycles. The van der Waals surface area contributed by atoms with Gasteiger partial charge in [-0.15, -0.1) is 0 Å². The Bertz CT molecular complexity index is 2000. The molecule has 14 nitrogen and oxygen atoms in total. The standard InChI is InChI=1S/C36H39N7O7/c37-26(16-21-18-39-27-7-3-1-5-24(21)27)33(46)42-30(15-20-9-11-23(44)12-10-20)34(47)43-31(17-22-19-40-28-8-4-2-6-25(22)28)35(48)41-29(36(49)50)13-14-32(38)45/h1-12,18-19,26,29-31,39-40,44H,13-17,37H2,(H2,38,45)(H,41,48)(H,42,46)(H,43,47)(H,49,50). The highest BCUT2D eigenvalue weighted by Crippen LogP contribution is 2.21. The monoisotopic (exact) mass is 681 g/mol.